The molecule has 5 heterocycles. The van der Waals surface area contributed by atoms with Crippen LogP contribution < -0.4 is 4.90 Å². The number of morpholine rings is 1. The van der Waals surface area contributed by atoms with E-state index in [2.05, 4.69) is 14.9 Å². The van der Waals surface area contributed by atoms with Crippen LogP contribution in [0, 0.1) is 0 Å². The van der Waals surface area contributed by atoms with Crippen molar-refractivity contribution in [1.82, 2.24) is 19.8 Å². The minimum absolute atomic E-state index is 0.0280. The van der Waals surface area contributed by atoms with Gasteiger partial charge in [-0.3, -0.25) is 9.69 Å². The zero-order valence-corrected chi connectivity index (χ0v) is 15.8. The Morgan fingerprint density at radius 3 is 2.57 bits per heavy atom. The molecule has 9 heteroatoms. The molecule has 5 rings (SSSR count). The molecule has 150 valence electrons. The first-order valence-corrected chi connectivity index (χ1v) is 10.0. The molecule has 28 heavy (non-hydrogen) atoms. The van der Waals surface area contributed by atoms with Gasteiger partial charge in [-0.1, -0.05) is 0 Å². The SMILES string of the molecule is O=C1OCCN1CC(=O)N1[C@@H]2CC[C@H]1CC1(C2)CN(c2ncccn2)CCO1. The number of carbonyl (C=O) groups excluding carboxylic acids is 2. The lowest BCUT2D eigenvalue weighted by atomic mass is 9.84. The molecule has 1 aromatic rings. The van der Waals surface area contributed by atoms with Crippen LogP contribution >= 0.6 is 0 Å². The summed E-state index contributed by atoms with van der Waals surface area (Å²) in [7, 11) is 0. The van der Waals surface area contributed by atoms with Gasteiger partial charge in [0.2, 0.25) is 11.9 Å². The second-order valence-electron chi connectivity index (χ2n) is 8.13. The summed E-state index contributed by atoms with van der Waals surface area (Å²) in [5.41, 5.74) is -0.257. The maximum atomic E-state index is 12.9. The van der Waals surface area contributed by atoms with E-state index in [1.807, 2.05) is 11.0 Å². The van der Waals surface area contributed by atoms with Crippen LogP contribution in [0.3, 0.4) is 0 Å². The van der Waals surface area contributed by atoms with Crippen LogP contribution in [0.4, 0.5) is 10.7 Å². The molecule has 1 unspecified atom stereocenters. The fourth-order valence-corrected chi connectivity index (χ4v) is 5.24. The number of cyclic esters (lactones) is 1. The Hall–Kier alpha value is -2.42. The number of amides is 2. The van der Waals surface area contributed by atoms with E-state index in [0.717, 1.165) is 44.7 Å². The number of nitrogens with zero attached hydrogens (tertiary/aromatic N) is 5. The molecule has 0 radical (unpaired) electrons. The van der Waals surface area contributed by atoms with Gasteiger partial charge in [0.15, 0.2) is 0 Å². The van der Waals surface area contributed by atoms with Crippen LogP contribution in [0.15, 0.2) is 18.5 Å². The van der Waals surface area contributed by atoms with Gasteiger partial charge >= 0.3 is 6.09 Å². The topological polar surface area (TPSA) is 88.1 Å². The highest BCUT2D eigenvalue weighted by Crippen LogP contribution is 2.44. The largest absolute Gasteiger partial charge is 0.448 e. The van der Waals surface area contributed by atoms with E-state index < -0.39 is 0 Å². The van der Waals surface area contributed by atoms with Crippen molar-refractivity contribution < 1.29 is 19.1 Å². The Kier molecular flexibility index (Phi) is 4.34. The van der Waals surface area contributed by atoms with Crippen molar-refractivity contribution >= 4 is 17.9 Å². The molecule has 0 saturated carbocycles. The molecule has 3 atom stereocenters. The zero-order chi connectivity index (χ0) is 19.1. The zero-order valence-electron chi connectivity index (χ0n) is 15.8. The van der Waals surface area contributed by atoms with E-state index in [-0.39, 0.29) is 36.2 Å². The lowest BCUT2D eigenvalue weighted by molar-refractivity contribution is -0.148. The minimum atomic E-state index is -0.386. The standard InChI is InChI=1S/C19H25N5O4/c25-16(12-22-6-8-27-18(22)26)24-14-2-3-15(24)11-19(10-14)13-23(7-9-28-19)17-20-4-1-5-21-17/h1,4-5,14-15H,2-3,6-13H2/t14-,15+,19?. The normalized spacial score (nSPS) is 32.1. The Morgan fingerprint density at radius 1 is 1.14 bits per heavy atom. The lowest BCUT2D eigenvalue weighted by Gasteiger charge is -2.50. The van der Waals surface area contributed by atoms with Crippen molar-refractivity contribution in [1.29, 1.82) is 0 Å². The monoisotopic (exact) mass is 387 g/mol. The van der Waals surface area contributed by atoms with Crippen LogP contribution in [0.2, 0.25) is 0 Å². The third kappa shape index (κ3) is 3.07. The summed E-state index contributed by atoms with van der Waals surface area (Å²) in [5, 5.41) is 0. The van der Waals surface area contributed by atoms with Gasteiger partial charge in [0.05, 0.1) is 25.3 Å². The van der Waals surface area contributed by atoms with Crippen molar-refractivity contribution in [2.24, 2.45) is 0 Å². The Morgan fingerprint density at radius 2 is 1.89 bits per heavy atom. The maximum absolute atomic E-state index is 12.9. The quantitative estimate of drug-likeness (QED) is 0.753. The second kappa shape index (κ2) is 6.88. The van der Waals surface area contributed by atoms with Gasteiger partial charge in [-0.25, -0.2) is 14.8 Å². The van der Waals surface area contributed by atoms with Crippen molar-refractivity contribution in [3.8, 4) is 0 Å². The Bertz CT molecular complexity index is 746. The number of fused-ring (bicyclic) bond motifs is 2. The number of hydrogen-bond acceptors (Lipinski definition) is 7. The summed E-state index contributed by atoms with van der Waals surface area (Å²) in [5.74, 6) is 0.767. The molecule has 1 aromatic heterocycles. The van der Waals surface area contributed by atoms with Crippen LogP contribution in [0.25, 0.3) is 0 Å². The van der Waals surface area contributed by atoms with Gasteiger partial charge in [0, 0.05) is 31.0 Å². The third-order valence-electron chi connectivity index (χ3n) is 6.38. The Balaban J connectivity index is 1.28. The fourth-order valence-electron chi connectivity index (χ4n) is 5.24. The summed E-state index contributed by atoms with van der Waals surface area (Å²) in [6.45, 7) is 3.15. The number of hydrogen-bond donors (Lipinski definition) is 0. The first-order chi connectivity index (χ1) is 13.6. The predicted octanol–water partition coefficient (Wildman–Crippen LogP) is 0.658. The number of anilines is 1. The minimum Gasteiger partial charge on any atom is -0.448 e. The van der Waals surface area contributed by atoms with E-state index in [1.54, 1.807) is 12.4 Å². The molecule has 0 N–H and O–H groups in total. The van der Waals surface area contributed by atoms with Gasteiger partial charge in [0.25, 0.3) is 0 Å². The summed E-state index contributed by atoms with van der Waals surface area (Å²) in [4.78, 5) is 39.1. The molecule has 1 spiro atoms. The second-order valence-corrected chi connectivity index (χ2v) is 8.13. The van der Waals surface area contributed by atoms with E-state index in [1.165, 1.54) is 4.90 Å². The molecule has 2 amide bonds. The van der Waals surface area contributed by atoms with E-state index >= 15 is 0 Å². The average Bonchev–Trinajstić information content (AvgIpc) is 3.23. The van der Waals surface area contributed by atoms with Gasteiger partial charge in [0.1, 0.15) is 13.2 Å². The summed E-state index contributed by atoms with van der Waals surface area (Å²) >= 11 is 0. The van der Waals surface area contributed by atoms with Crippen LogP contribution in [0.5, 0.6) is 0 Å². The molecule has 4 saturated heterocycles. The molecule has 4 aliphatic rings. The predicted molar refractivity (Wildman–Crippen MR) is 98.7 cm³/mol. The van der Waals surface area contributed by atoms with Crippen molar-refractivity contribution in [3.63, 3.8) is 0 Å². The third-order valence-corrected chi connectivity index (χ3v) is 6.38. The van der Waals surface area contributed by atoms with Gasteiger partial charge in [-0.15, -0.1) is 0 Å². The lowest BCUT2D eigenvalue weighted by Crippen LogP contribution is -2.62. The molecular formula is C19H25N5O4. The first kappa shape index (κ1) is 17.7. The number of rotatable bonds is 3. The van der Waals surface area contributed by atoms with E-state index in [9.17, 15) is 9.59 Å². The first-order valence-electron chi connectivity index (χ1n) is 10.0. The highest BCUT2D eigenvalue weighted by Gasteiger charge is 2.52. The van der Waals surface area contributed by atoms with Crippen molar-refractivity contribution in [2.75, 3.05) is 44.3 Å². The Labute approximate surface area is 163 Å². The maximum Gasteiger partial charge on any atom is 0.410 e. The number of piperidine rings is 1. The van der Waals surface area contributed by atoms with Crippen molar-refractivity contribution in [3.05, 3.63) is 18.5 Å². The van der Waals surface area contributed by atoms with Crippen molar-refractivity contribution in [2.45, 2.75) is 43.4 Å². The molecule has 9 nitrogen and oxygen atoms in total. The molecular weight excluding hydrogens is 362 g/mol. The molecule has 0 aliphatic carbocycles. The highest BCUT2D eigenvalue weighted by molar-refractivity contribution is 5.83. The van der Waals surface area contributed by atoms with Crippen LogP contribution in [0.1, 0.15) is 25.7 Å². The molecule has 4 aliphatic heterocycles. The number of carbonyl (C=O) groups is 2. The summed E-state index contributed by atoms with van der Waals surface area (Å²) in [6, 6.07) is 2.16. The number of ether oxygens (including phenoxy) is 2. The van der Waals surface area contributed by atoms with E-state index in [4.69, 9.17) is 9.47 Å². The molecule has 0 aromatic carbocycles. The van der Waals surface area contributed by atoms with Crippen LogP contribution in [-0.2, 0) is 14.3 Å². The molecule has 2 bridgehead atoms. The highest BCUT2D eigenvalue weighted by atomic mass is 16.6. The van der Waals surface area contributed by atoms with Crippen LogP contribution in [-0.4, -0.2) is 88.8 Å². The molecule has 4 fully saturated rings. The fraction of sp³-hybridized carbons (Fsp3) is 0.684. The van der Waals surface area contributed by atoms with Gasteiger partial charge in [-0.05, 0) is 31.7 Å². The average molecular weight is 387 g/mol. The van der Waals surface area contributed by atoms with Gasteiger partial charge in [-0.2, -0.15) is 0 Å². The smallest absolute Gasteiger partial charge is 0.410 e. The summed E-state index contributed by atoms with van der Waals surface area (Å²) < 4.78 is 11.2. The van der Waals surface area contributed by atoms with Gasteiger partial charge < -0.3 is 19.3 Å². The number of aromatic nitrogens is 2. The summed E-state index contributed by atoms with van der Waals surface area (Å²) in [6.07, 6.45) is 6.77. The van der Waals surface area contributed by atoms with E-state index in [0.29, 0.717) is 19.8 Å².